The number of nitrogens with one attached hydrogen (secondary N) is 2. The summed E-state index contributed by atoms with van der Waals surface area (Å²) in [4.78, 5) is 21.4. The summed E-state index contributed by atoms with van der Waals surface area (Å²) in [6, 6.07) is 9.66. The van der Waals surface area contributed by atoms with Gasteiger partial charge in [-0.2, -0.15) is 5.10 Å². The Morgan fingerprint density at radius 1 is 1.35 bits per heavy atom. The summed E-state index contributed by atoms with van der Waals surface area (Å²) < 4.78 is 9.88. The fraction of sp³-hybridized carbons (Fsp3) is 0.143. The van der Waals surface area contributed by atoms with Gasteiger partial charge >= 0.3 is 5.88 Å². The van der Waals surface area contributed by atoms with Crippen LogP contribution in [0.5, 0.6) is 5.75 Å². The number of carbonyl (C=O) groups excluding carboxylic acids is 1. The molecule has 2 rings (SSSR count). The molecule has 0 aliphatic heterocycles. The maximum Gasteiger partial charge on any atom is 0.433 e. The topological polar surface area (TPSA) is 119 Å². The van der Waals surface area contributed by atoms with Crippen LogP contribution in [0.15, 0.2) is 45.9 Å². The monoisotopic (exact) mass is 318 g/mol. The molecule has 2 aromatic rings. The molecule has 1 heterocycles. The minimum absolute atomic E-state index is 0.0158. The Morgan fingerprint density at radius 3 is 2.70 bits per heavy atom. The number of furan rings is 1. The van der Waals surface area contributed by atoms with Crippen molar-refractivity contribution in [3.63, 3.8) is 0 Å². The van der Waals surface area contributed by atoms with Gasteiger partial charge in [-0.15, -0.1) is 0 Å². The Balaban J connectivity index is 1.77. The molecule has 0 unspecified atom stereocenters. The maximum absolute atomic E-state index is 11.6. The number of benzene rings is 1. The van der Waals surface area contributed by atoms with Crippen molar-refractivity contribution < 1.29 is 18.9 Å². The van der Waals surface area contributed by atoms with E-state index in [-0.39, 0.29) is 24.1 Å². The lowest BCUT2D eigenvalue weighted by atomic mass is 10.3. The van der Waals surface area contributed by atoms with Crippen LogP contribution in [-0.4, -0.2) is 30.7 Å². The number of hydrogen-bond donors (Lipinski definition) is 2. The van der Waals surface area contributed by atoms with E-state index in [2.05, 4.69) is 15.8 Å². The van der Waals surface area contributed by atoms with Crippen molar-refractivity contribution in [2.75, 3.05) is 19.0 Å². The number of amides is 1. The van der Waals surface area contributed by atoms with E-state index >= 15 is 0 Å². The Bertz CT molecular complexity index is 708. The van der Waals surface area contributed by atoms with E-state index in [9.17, 15) is 14.9 Å². The molecular weight excluding hydrogens is 304 g/mol. The highest BCUT2D eigenvalue weighted by molar-refractivity contribution is 5.83. The molecule has 0 aliphatic rings. The SMILES string of the molecule is COc1ccc(NCC(=O)NN=Cc2ccc([N+](=O)[O-])o2)cc1. The number of rotatable bonds is 7. The summed E-state index contributed by atoms with van der Waals surface area (Å²) >= 11 is 0. The summed E-state index contributed by atoms with van der Waals surface area (Å²) in [6.07, 6.45) is 1.18. The van der Waals surface area contributed by atoms with Crippen LogP contribution in [0.2, 0.25) is 0 Å². The number of hydrogen-bond acceptors (Lipinski definition) is 7. The van der Waals surface area contributed by atoms with Crippen LogP contribution in [0.1, 0.15) is 5.76 Å². The van der Waals surface area contributed by atoms with Crippen molar-refractivity contribution in [2.45, 2.75) is 0 Å². The number of anilines is 1. The standard InChI is InChI=1S/C14H14N4O5/c1-22-11-4-2-10(3-5-11)15-9-13(19)17-16-8-12-6-7-14(23-12)18(20)21/h2-8,15H,9H2,1H3,(H,17,19). The number of nitrogens with zero attached hydrogens (tertiary/aromatic N) is 2. The van der Waals surface area contributed by atoms with Crippen molar-refractivity contribution in [3.8, 4) is 5.75 Å². The first kappa shape index (κ1) is 16.0. The van der Waals surface area contributed by atoms with Gasteiger partial charge in [0, 0.05) is 5.69 Å². The minimum atomic E-state index is -0.658. The van der Waals surface area contributed by atoms with E-state index < -0.39 is 4.92 Å². The van der Waals surface area contributed by atoms with Gasteiger partial charge < -0.3 is 14.5 Å². The first-order chi connectivity index (χ1) is 11.1. The summed E-state index contributed by atoms with van der Waals surface area (Å²) in [6.45, 7) is 0.0158. The third-order valence-corrected chi connectivity index (χ3v) is 2.72. The van der Waals surface area contributed by atoms with Gasteiger partial charge in [0.2, 0.25) is 0 Å². The minimum Gasteiger partial charge on any atom is -0.497 e. The Hall–Kier alpha value is -3.36. The molecule has 0 saturated carbocycles. The predicted octanol–water partition coefficient (Wildman–Crippen LogP) is 1.76. The molecule has 23 heavy (non-hydrogen) atoms. The number of hydrazone groups is 1. The van der Waals surface area contributed by atoms with Crippen molar-refractivity contribution in [1.29, 1.82) is 0 Å². The van der Waals surface area contributed by atoms with Crippen molar-refractivity contribution in [2.24, 2.45) is 5.10 Å². The number of methoxy groups -OCH3 is 1. The maximum atomic E-state index is 11.6. The zero-order chi connectivity index (χ0) is 16.7. The van der Waals surface area contributed by atoms with Crippen molar-refractivity contribution in [3.05, 3.63) is 52.3 Å². The largest absolute Gasteiger partial charge is 0.497 e. The highest BCUT2D eigenvalue weighted by Gasteiger charge is 2.10. The molecule has 9 heteroatoms. The molecule has 1 amide bonds. The Kier molecular flexibility index (Phi) is 5.29. The number of ether oxygens (including phenoxy) is 1. The van der Waals surface area contributed by atoms with Gasteiger partial charge in [-0.1, -0.05) is 0 Å². The van der Waals surface area contributed by atoms with Crippen LogP contribution in [0.3, 0.4) is 0 Å². The molecule has 0 bridgehead atoms. The second-order valence-electron chi connectivity index (χ2n) is 4.31. The molecule has 0 radical (unpaired) electrons. The third kappa shape index (κ3) is 4.84. The summed E-state index contributed by atoms with van der Waals surface area (Å²) in [7, 11) is 1.57. The summed E-state index contributed by atoms with van der Waals surface area (Å²) in [5.74, 6) is 0.120. The fourth-order valence-corrected chi connectivity index (χ4v) is 1.61. The molecular formula is C14H14N4O5. The van der Waals surface area contributed by atoms with Gasteiger partial charge in [-0.05, 0) is 30.3 Å². The van der Waals surface area contributed by atoms with Crippen LogP contribution in [0.4, 0.5) is 11.6 Å². The molecule has 9 nitrogen and oxygen atoms in total. The lowest BCUT2D eigenvalue weighted by Gasteiger charge is -2.06. The highest BCUT2D eigenvalue weighted by Crippen LogP contribution is 2.15. The van der Waals surface area contributed by atoms with Crippen LogP contribution in [-0.2, 0) is 4.79 Å². The van der Waals surface area contributed by atoms with Gasteiger partial charge in [-0.3, -0.25) is 14.9 Å². The van der Waals surface area contributed by atoms with Crippen LogP contribution >= 0.6 is 0 Å². The van der Waals surface area contributed by atoms with Gasteiger partial charge in [0.25, 0.3) is 5.91 Å². The normalized spacial score (nSPS) is 10.5. The van der Waals surface area contributed by atoms with E-state index in [1.807, 2.05) is 0 Å². The lowest BCUT2D eigenvalue weighted by Crippen LogP contribution is -2.25. The van der Waals surface area contributed by atoms with Crippen LogP contribution < -0.4 is 15.5 Å². The second-order valence-corrected chi connectivity index (χ2v) is 4.31. The van der Waals surface area contributed by atoms with Gasteiger partial charge in [0.1, 0.15) is 10.7 Å². The van der Waals surface area contributed by atoms with E-state index in [1.165, 1.54) is 18.3 Å². The molecule has 2 N–H and O–H groups in total. The van der Waals surface area contributed by atoms with Gasteiger partial charge in [-0.25, -0.2) is 5.43 Å². The zero-order valence-corrected chi connectivity index (χ0v) is 12.2. The zero-order valence-electron chi connectivity index (χ0n) is 12.2. The quantitative estimate of drug-likeness (QED) is 0.456. The lowest BCUT2D eigenvalue weighted by molar-refractivity contribution is -0.402. The van der Waals surface area contributed by atoms with E-state index in [4.69, 9.17) is 9.15 Å². The second kappa shape index (κ2) is 7.59. The molecule has 0 aliphatic carbocycles. The first-order valence-corrected chi connectivity index (χ1v) is 6.52. The van der Waals surface area contributed by atoms with Gasteiger partial charge in [0.15, 0.2) is 5.76 Å². The molecule has 0 saturated heterocycles. The molecule has 0 atom stereocenters. The van der Waals surface area contributed by atoms with Crippen LogP contribution in [0, 0.1) is 10.1 Å². The molecule has 1 aromatic heterocycles. The van der Waals surface area contributed by atoms with Crippen LogP contribution in [0.25, 0.3) is 0 Å². The van der Waals surface area contributed by atoms with Crippen molar-refractivity contribution in [1.82, 2.24) is 5.43 Å². The van der Waals surface area contributed by atoms with Crippen molar-refractivity contribution >= 4 is 23.7 Å². The molecule has 1 aromatic carbocycles. The number of carbonyl (C=O) groups is 1. The molecule has 120 valence electrons. The highest BCUT2D eigenvalue weighted by atomic mass is 16.6. The van der Waals surface area contributed by atoms with E-state index in [1.54, 1.807) is 31.4 Å². The third-order valence-electron chi connectivity index (χ3n) is 2.72. The molecule has 0 spiro atoms. The molecule has 0 fully saturated rings. The fourth-order valence-electron chi connectivity index (χ4n) is 1.61. The predicted molar refractivity (Wildman–Crippen MR) is 82.6 cm³/mol. The summed E-state index contributed by atoms with van der Waals surface area (Å²) in [5, 5.41) is 17.0. The number of nitro groups is 1. The Morgan fingerprint density at radius 2 is 2.09 bits per heavy atom. The van der Waals surface area contributed by atoms with Gasteiger partial charge in [0.05, 0.1) is 25.9 Å². The average Bonchev–Trinajstić information content (AvgIpc) is 3.02. The van der Waals surface area contributed by atoms with E-state index in [0.717, 1.165) is 11.4 Å². The smallest absolute Gasteiger partial charge is 0.433 e. The van der Waals surface area contributed by atoms with E-state index in [0.29, 0.717) is 0 Å². The Labute approximate surface area is 131 Å². The first-order valence-electron chi connectivity index (χ1n) is 6.52. The summed E-state index contributed by atoms with van der Waals surface area (Å²) in [5.41, 5.74) is 3.03. The average molecular weight is 318 g/mol.